The lowest BCUT2D eigenvalue weighted by molar-refractivity contribution is 0.0441. The summed E-state index contributed by atoms with van der Waals surface area (Å²) in [5.74, 6) is -0.614. The molecule has 0 aromatic heterocycles. The minimum atomic E-state index is -0.756. The van der Waals surface area contributed by atoms with Gasteiger partial charge in [0.05, 0.1) is 21.3 Å². The van der Waals surface area contributed by atoms with Crippen LogP contribution in [0, 0.1) is 0 Å². The van der Waals surface area contributed by atoms with Crippen LogP contribution in [-0.2, 0) is 4.74 Å². The number of rotatable bonds is 4. The molecule has 6 heteroatoms. The Balaban J connectivity index is 2.95. The number of hydrogen-bond acceptors (Lipinski definition) is 6. The summed E-state index contributed by atoms with van der Waals surface area (Å²) in [6.45, 7) is 3.85. The van der Waals surface area contributed by atoms with Crippen molar-refractivity contribution in [1.82, 2.24) is 0 Å². The Hall–Kier alpha value is -2.24. The van der Waals surface area contributed by atoms with E-state index in [0.29, 0.717) is 17.1 Å². The molecule has 0 atom stereocenters. The van der Waals surface area contributed by atoms with Gasteiger partial charge in [-0.25, -0.2) is 9.59 Å². The third-order valence-corrected chi connectivity index (χ3v) is 3.18. The van der Waals surface area contributed by atoms with E-state index in [1.165, 1.54) is 21.3 Å². The molecule has 20 heavy (non-hydrogen) atoms. The molecule has 0 unspecified atom stereocenters. The summed E-state index contributed by atoms with van der Waals surface area (Å²) in [4.78, 5) is 23.7. The molecule has 1 aliphatic rings. The number of carbonyl (C=O) groups excluding carboxylic acids is 2. The second kappa shape index (κ2) is 5.03. The topological polar surface area (TPSA) is 71.1 Å². The van der Waals surface area contributed by atoms with Crippen molar-refractivity contribution < 1.29 is 28.5 Å². The minimum Gasteiger partial charge on any atom is -0.495 e. The molecule has 0 aliphatic carbocycles. The van der Waals surface area contributed by atoms with Crippen molar-refractivity contribution in [2.45, 2.75) is 19.8 Å². The maximum absolute atomic E-state index is 11.9. The van der Waals surface area contributed by atoms with Crippen LogP contribution < -0.4 is 14.2 Å². The van der Waals surface area contributed by atoms with Crippen molar-refractivity contribution in [2.24, 2.45) is 0 Å². The molecule has 0 N–H and O–H groups in total. The van der Waals surface area contributed by atoms with E-state index in [-0.39, 0.29) is 22.8 Å². The lowest BCUT2D eigenvalue weighted by Crippen LogP contribution is -2.08. The average Bonchev–Trinajstić information content (AvgIpc) is 2.71. The van der Waals surface area contributed by atoms with Crippen LogP contribution in [0.1, 0.15) is 46.0 Å². The molecule has 6 nitrogen and oxygen atoms in total. The van der Waals surface area contributed by atoms with Crippen LogP contribution in [0.25, 0.3) is 0 Å². The summed E-state index contributed by atoms with van der Waals surface area (Å²) in [6.07, 6.45) is 0. The summed E-state index contributed by atoms with van der Waals surface area (Å²) in [7, 11) is 4.31. The second-order valence-electron chi connectivity index (χ2n) is 4.60. The number of benzene rings is 1. The zero-order chi connectivity index (χ0) is 15.0. The highest BCUT2D eigenvalue weighted by molar-refractivity contribution is 6.18. The van der Waals surface area contributed by atoms with Gasteiger partial charge in [0.1, 0.15) is 16.9 Å². The van der Waals surface area contributed by atoms with Gasteiger partial charge in [-0.2, -0.15) is 0 Å². The molecule has 0 saturated carbocycles. The Morgan fingerprint density at radius 3 is 1.65 bits per heavy atom. The average molecular weight is 280 g/mol. The van der Waals surface area contributed by atoms with Gasteiger partial charge in [0.15, 0.2) is 11.5 Å². The molecule has 0 bridgehead atoms. The van der Waals surface area contributed by atoms with Gasteiger partial charge in [-0.1, -0.05) is 13.8 Å². The van der Waals surface area contributed by atoms with Crippen molar-refractivity contribution in [3.63, 3.8) is 0 Å². The zero-order valence-corrected chi connectivity index (χ0v) is 12.0. The highest BCUT2D eigenvalue weighted by Crippen LogP contribution is 2.49. The molecule has 1 aromatic rings. The van der Waals surface area contributed by atoms with Crippen LogP contribution in [0.15, 0.2) is 0 Å². The Morgan fingerprint density at radius 2 is 1.25 bits per heavy atom. The standard InChI is InChI=1S/C14H16O6/c1-6(2)7-10(17-3)8-9(14(16)20-13(8)15)12(19-5)11(7)18-4/h6H,1-5H3. The van der Waals surface area contributed by atoms with Crippen LogP contribution in [0.5, 0.6) is 17.2 Å². The van der Waals surface area contributed by atoms with Gasteiger partial charge in [0.2, 0.25) is 0 Å². The van der Waals surface area contributed by atoms with E-state index in [1.54, 1.807) is 0 Å². The number of hydrogen-bond donors (Lipinski definition) is 0. The van der Waals surface area contributed by atoms with E-state index < -0.39 is 11.9 Å². The maximum atomic E-state index is 11.9. The first-order valence-electron chi connectivity index (χ1n) is 6.10. The van der Waals surface area contributed by atoms with E-state index in [1.807, 2.05) is 13.8 Å². The fourth-order valence-corrected chi connectivity index (χ4v) is 2.41. The number of ether oxygens (including phenoxy) is 4. The number of fused-ring (bicyclic) bond motifs is 1. The van der Waals surface area contributed by atoms with Crippen LogP contribution in [0.3, 0.4) is 0 Å². The molecule has 0 spiro atoms. The zero-order valence-electron chi connectivity index (χ0n) is 12.0. The van der Waals surface area contributed by atoms with Gasteiger partial charge >= 0.3 is 11.9 Å². The molecule has 1 aliphatic heterocycles. The fourth-order valence-electron chi connectivity index (χ4n) is 2.41. The number of esters is 2. The van der Waals surface area contributed by atoms with Crippen molar-refractivity contribution in [3.8, 4) is 17.2 Å². The molecule has 0 radical (unpaired) electrons. The highest BCUT2D eigenvalue weighted by atomic mass is 16.6. The summed E-state index contributed by atoms with van der Waals surface area (Å²) in [5, 5.41) is 0. The Labute approximate surface area is 116 Å². The van der Waals surface area contributed by atoms with Crippen LogP contribution in [0.2, 0.25) is 0 Å². The lowest BCUT2D eigenvalue weighted by atomic mass is 9.94. The Kier molecular flexibility index (Phi) is 3.57. The predicted octanol–water partition coefficient (Wildman–Crippen LogP) is 2.15. The van der Waals surface area contributed by atoms with Crippen molar-refractivity contribution in [3.05, 3.63) is 16.7 Å². The fraction of sp³-hybridized carbons (Fsp3) is 0.429. The summed E-state index contributed by atoms with van der Waals surface area (Å²) in [6, 6.07) is 0. The van der Waals surface area contributed by atoms with Gasteiger partial charge in [0, 0.05) is 5.56 Å². The lowest BCUT2D eigenvalue weighted by Gasteiger charge is -2.20. The Bertz CT molecular complexity index is 588. The van der Waals surface area contributed by atoms with Gasteiger partial charge in [-0.3, -0.25) is 0 Å². The maximum Gasteiger partial charge on any atom is 0.351 e. The molecular formula is C14H16O6. The van der Waals surface area contributed by atoms with E-state index in [4.69, 9.17) is 14.2 Å². The number of cyclic esters (lactones) is 2. The Morgan fingerprint density at radius 1 is 0.800 bits per heavy atom. The van der Waals surface area contributed by atoms with Crippen molar-refractivity contribution in [2.75, 3.05) is 21.3 Å². The summed E-state index contributed by atoms with van der Waals surface area (Å²) >= 11 is 0. The van der Waals surface area contributed by atoms with Crippen LogP contribution >= 0.6 is 0 Å². The van der Waals surface area contributed by atoms with Crippen molar-refractivity contribution in [1.29, 1.82) is 0 Å². The molecule has 108 valence electrons. The first-order chi connectivity index (χ1) is 9.47. The third-order valence-electron chi connectivity index (χ3n) is 3.18. The highest BCUT2D eigenvalue weighted by Gasteiger charge is 2.41. The van der Waals surface area contributed by atoms with Gasteiger partial charge in [-0.05, 0) is 5.92 Å². The molecule has 0 amide bonds. The van der Waals surface area contributed by atoms with Gasteiger partial charge < -0.3 is 18.9 Å². The SMILES string of the molecule is COc1c(OC)c(C(C)C)c(OC)c2c1C(=O)OC2=O. The molecule has 0 saturated heterocycles. The van der Waals surface area contributed by atoms with Crippen molar-refractivity contribution >= 4 is 11.9 Å². The van der Waals surface area contributed by atoms with Gasteiger partial charge in [-0.15, -0.1) is 0 Å². The summed E-state index contributed by atoms with van der Waals surface area (Å²) < 4.78 is 20.6. The van der Waals surface area contributed by atoms with E-state index in [2.05, 4.69) is 4.74 Å². The smallest absolute Gasteiger partial charge is 0.351 e. The van der Waals surface area contributed by atoms with E-state index in [0.717, 1.165) is 0 Å². The van der Waals surface area contributed by atoms with E-state index in [9.17, 15) is 9.59 Å². The normalized spacial score (nSPS) is 13.3. The molecule has 1 heterocycles. The molecule has 2 rings (SSSR count). The molecular weight excluding hydrogens is 264 g/mol. The number of carbonyl (C=O) groups is 2. The first kappa shape index (κ1) is 14.2. The quantitative estimate of drug-likeness (QED) is 0.621. The minimum absolute atomic E-state index is 0.00241. The molecule has 1 aromatic carbocycles. The van der Waals surface area contributed by atoms with Crippen LogP contribution in [0.4, 0.5) is 0 Å². The van der Waals surface area contributed by atoms with E-state index >= 15 is 0 Å². The van der Waals surface area contributed by atoms with Crippen LogP contribution in [-0.4, -0.2) is 33.3 Å². The summed E-state index contributed by atoms with van der Waals surface area (Å²) in [5.41, 5.74) is 0.812. The third kappa shape index (κ3) is 1.79. The number of methoxy groups -OCH3 is 3. The first-order valence-corrected chi connectivity index (χ1v) is 6.10. The van der Waals surface area contributed by atoms with Gasteiger partial charge in [0.25, 0.3) is 0 Å². The monoisotopic (exact) mass is 280 g/mol. The molecule has 0 fully saturated rings. The predicted molar refractivity (Wildman–Crippen MR) is 69.9 cm³/mol. The largest absolute Gasteiger partial charge is 0.495 e. The second-order valence-corrected chi connectivity index (χ2v) is 4.60.